The number of hydrogen-bond donors (Lipinski definition) is 3. The molecule has 0 saturated carbocycles. The minimum Gasteiger partial charge on any atom is -0.496 e. The van der Waals surface area contributed by atoms with Crippen molar-refractivity contribution in [2.75, 3.05) is 7.11 Å². The average molecular weight is 604 g/mol. The van der Waals surface area contributed by atoms with Gasteiger partial charge in [-0.2, -0.15) is 0 Å². The lowest BCUT2D eigenvalue weighted by Crippen LogP contribution is -2.31. The van der Waals surface area contributed by atoms with E-state index in [0.29, 0.717) is 17.7 Å². The number of sulfonamides is 1. The number of carbonyl (C=O) groups is 2. The fourth-order valence-electron chi connectivity index (χ4n) is 5.48. The van der Waals surface area contributed by atoms with Crippen LogP contribution in [0, 0.1) is 6.92 Å². The number of H-pyrrole nitrogens is 1. The van der Waals surface area contributed by atoms with E-state index in [9.17, 15) is 18.0 Å². The molecule has 0 aliphatic rings. The van der Waals surface area contributed by atoms with Crippen LogP contribution in [0.1, 0.15) is 85.0 Å². The molecule has 228 valence electrons. The van der Waals surface area contributed by atoms with Crippen LogP contribution in [0.4, 0.5) is 0 Å². The summed E-state index contributed by atoms with van der Waals surface area (Å²) in [5.74, 6) is -0.160. The largest absolute Gasteiger partial charge is 0.496 e. The number of aromatic nitrogens is 1. The van der Waals surface area contributed by atoms with Gasteiger partial charge in [0.25, 0.3) is 15.9 Å². The second-order valence-corrected chi connectivity index (χ2v) is 12.8. The molecular formula is C34H41N3O5S. The molecule has 0 radical (unpaired) electrons. The summed E-state index contributed by atoms with van der Waals surface area (Å²) in [5, 5.41) is 4.05. The van der Waals surface area contributed by atoms with E-state index in [1.54, 1.807) is 44.4 Å². The summed E-state index contributed by atoms with van der Waals surface area (Å²) < 4.78 is 33.8. The number of methoxy groups -OCH3 is 1. The molecule has 3 N–H and O–H groups in total. The molecule has 9 heteroatoms. The summed E-state index contributed by atoms with van der Waals surface area (Å²) in [6, 6.07) is 18.1. The highest BCUT2D eigenvalue weighted by Gasteiger charge is 2.24. The van der Waals surface area contributed by atoms with E-state index in [1.165, 1.54) is 6.07 Å². The van der Waals surface area contributed by atoms with E-state index >= 15 is 0 Å². The van der Waals surface area contributed by atoms with Gasteiger partial charge in [-0.25, -0.2) is 13.1 Å². The summed E-state index contributed by atoms with van der Waals surface area (Å²) in [6.07, 6.45) is 5.83. The Bertz CT molecular complexity index is 1710. The topological polar surface area (TPSA) is 117 Å². The van der Waals surface area contributed by atoms with Crippen LogP contribution in [-0.4, -0.2) is 38.4 Å². The van der Waals surface area contributed by atoms with E-state index in [1.807, 2.05) is 26.1 Å². The van der Waals surface area contributed by atoms with Gasteiger partial charge in [0.1, 0.15) is 5.75 Å². The van der Waals surface area contributed by atoms with Gasteiger partial charge in [-0.3, -0.25) is 9.59 Å². The molecule has 1 atom stereocenters. The normalized spacial score (nSPS) is 12.3. The number of fused-ring (bicyclic) bond motifs is 1. The van der Waals surface area contributed by atoms with Crippen molar-refractivity contribution in [3.05, 3.63) is 94.7 Å². The maximum Gasteiger partial charge on any atom is 0.265 e. The number of benzene rings is 3. The lowest BCUT2D eigenvalue weighted by Gasteiger charge is -2.20. The molecule has 0 aliphatic heterocycles. The van der Waals surface area contributed by atoms with Crippen molar-refractivity contribution >= 4 is 32.7 Å². The predicted molar refractivity (Wildman–Crippen MR) is 170 cm³/mol. The second kappa shape index (κ2) is 13.9. The smallest absolute Gasteiger partial charge is 0.265 e. The molecule has 0 spiro atoms. The van der Waals surface area contributed by atoms with Gasteiger partial charge in [-0.15, -0.1) is 0 Å². The van der Waals surface area contributed by atoms with Gasteiger partial charge in [-0.05, 0) is 87.1 Å². The molecular weight excluding hydrogens is 562 g/mol. The molecule has 43 heavy (non-hydrogen) atoms. The Hall–Kier alpha value is -4.11. The van der Waals surface area contributed by atoms with Crippen LogP contribution in [0.15, 0.2) is 71.8 Å². The zero-order valence-corrected chi connectivity index (χ0v) is 26.3. The van der Waals surface area contributed by atoms with Gasteiger partial charge >= 0.3 is 0 Å². The Kier molecular flexibility index (Phi) is 10.3. The van der Waals surface area contributed by atoms with E-state index < -0.39 is 15.9 Å². The molecule has 3 aromatic carbocycles. The predicted octanol–water partition coefficient (Wildman–Crippen LogP) is 6.38. The number of carbonyl (C=O) groups excluding carboxylic acids is 2. The number of aryl methyl sites for hydroxylation is 2. The van der Waals surface area contributed by atoms with Crippen molar-refractivity contribution in [1.82, 2.24) is 15.0 Å². The van der Waals surface area contributed by atoms with Gasteiger partial charge in [0, 0.05) is 46.6 Å². The van der Waals surface area contributed by atoms with Gasteiger partial charge in [0.15, 0.2) is 0 Å². The van der Waals surface area contributed by atoms with Crippen LogP contribution in [0.3, 0.4) is 0 Å². The van der Waals surface area contributed by atoms with Crippen molar-refractivity contribution < 1.29 is 22.7 Å². The lowest BCUT2D eigenvalue weighted by molar-refractivity contribution is -0.121. The summed E-state index contributed by atoms with van der Waals surface area (Å²) in [7, 11) is -2.49. The Labute approximate surface area is 254 Å². The van der Waals surface area contributed by atoms with Crippen molar-refractivity contribution in [3.63, 3.8) is 0 Å². The van der Waals surface area contributed by atoms with Gasteiger partial charge in [0.2, 0.25) is 5.91 Å². The monoisotopic (exact) mass is 603 g/mol. The van der Waals surface area contributed by atoms with Gasteiger partial charge < -0.3 is 15.0 Å². The van der Waals surface area contributed by atoms with Crippen LogP contribution >= 0.6 is 0 Å². The molecule has 8 nitrogen and oxygen atoms in total. The highest BCUT2D eigenvalue weighted by molar-refractivity contribution is 7.90. The maximum absolute atomic E-state index is 13.1. The highest BCUT2D eigenvalue weighted by Crippen LogP contribution is 2.39. The molecule has 1 unspecified atom stereocenters. The fraction of sp³-hybridized carbons (Fsp3) is 0.353. The molecule has 4 rings (SSSR count). The number of rotatable bonds is 13. The van der Waals surface area contributed by atoms with Crippen molar-refractivity contribution in [3.8, 4) is 5.75 Å². The summed E-state index contributed by atoms with van der Waals surface area (Å²) in [5.41, 5.74) is 4.96. The van der Waals surface area contributed by atoms with Gasteiger partial charge in [0.05, 0.1) is 12.0 Å². The van der Waals surface area contributed by atoms with Crippen molar-refractivity contribution in [1.29, 1.82) is 0 Å². The first-order valence-electron chi connectivity index (χ1n) is 14.7. The Morgan fingerprint density at radius 1 is 1.00 bits per heavy atom. The quantitative estimate of drug-likeness (QED) is 0.164. The molecule has 4 aromatic rings. The third-order valence-corrected chi connectivity index (χ3v) is 9.02. The van der Waals surface area contributed by atoms with E-state index in [-0.39, 0.29) is 28.3 Å². The fourth-order valence-corrected chi connectivity index (χ4v) is 6.70. The summed E-state index contributed by atoms with van der Waals surface area (Å²) in [4.78, 5) is 28.6. The van der Waals surface area contributed by atoms with Gasteiger partial charge in [-0.1, -0.05) is 43.7 Å². The Balaban J connectivity index is 1.60. The summed E-state index contributed by atoms with van der Waals surface area (Å²) >= 11 is 0. The molecule has 2 amide bonds. The highest BCUT2D eigenvalue weighted by atomic mass is 32.2. The summed E-state index contributed by atoms with van der Waals surface area (Å²) in [6.45, 7) is 7.73. The SMILES string of the molecule is CCCC(c1ccc(C(=O)NS(=O)(=O)c2ccccc2C)cc1OC)c1c[nH]c2ccc(CCCC(=O)NC(C)C)cc12. The van der Waals surface area contributed by atoms with E-state index in [4.69, 9.17) is 4.74 Å². The standard InChI is InChI=1S/C34H41N3O5S/c1-6-10-26(29-21-35-30-18-15-24(19-28(29)30)12-9-14-33(38)36-22(2)3)27-17-16-25(20-31(27)42-5)34(39)37-43(40,41)32-13-8-7-11-23(32)4/h7-8,11,13,15-22,26,35H,6,9-10,12,14H2,1-5H3,(H,36,38)(H,37,39). The molecule has 1 aromatic heterocycles. The third-order valence-electron chi connectivity index (χ3n) is 7.53. The molecule has 0 saturated heterocycles. The van der Waals surface area contributed by atoms with E-state index in [0.717, 1.165) is 53.3 Å². The van der Waals surface area contributed by atoms with Crippen molar-refractivity contribution in [2.24, 2.45) is 0 Å². The van der Waals surface area contributed by atoms with Crippen LogP contribution in [0.2, 0.25) is 0 Å². The number of amides is 2. The van der Waals surface area contributed by atoms with Crippen LogP contribution in [0.5, 0.6) is 5.75 Å². The first kappa shape index (κ1) is 31.8. The third kappa shape index (κ3) is 7.65. The van der Waals surface area contributed by atoms with Crippen LogP contribution in [0.25, 0.3) is 10.9 Å². The molecule has 0 fully saturated rings. The lowest BCUT2D eigenvalue weighted by atomic mass is 9.86. The van der Waals surface area contributed by atoms with Crippen molar-refractivity contribution in [2.45, 2.75) is 76.7 Å². The average Bonchev–Trinajstić information content (AvgIpc) is 3.38. The minimum absolute atomic E-state index is 0.0198. The minimum atomic E-state index is -4.04. The zero-order valence-electron chi connectivity index (χ0n) is 25.5. The number of nitrogens with one attached hydrogen (secondary N) is 3. The number of hydrogen-bond acceptors (Lipinski definition) is 5. The molecule has 0 aliphatic carbocycles. The Morgan fingerprint density at radius 3 is 2.47 bits per heavy atom. The Morgan fingerprint density at radius 2 is 1.77 bits per heavy atom. The first-order chi connectivity index (χ1) is 20.5. The van der Waals surface area contributed by atoms with Crippen LogP contribution in [-0.2, 0) is 21.2 Å². The molecule has 1 heterocycles. The first-order valence-corrected chi connectivity index (χ1v) is 16.2. The number of aromatic amines is 1. The maximum atomic E-state index is 13.1. The number of ether oxygens (including phenoxy) is 1. The zero-order chi connectivity index (χ0) is 31.1. The molecule has 0 bridgehead atoms. The van der Waals surface area contributed by atoms with Crippen LogP contribution < -0.4 is 14.8 Å². The second-order valence-electron chi connectivity index (χ2n) is 11.2. The van der Waals surface area contributed by atoms with E-state index in [2.05, 4.69) is 40.1 Å².